The Balaban J connectivity index is 1.55. The second-order valence-corrected chi connectivity index (χ2v) is 7.28. The first-order valence-electron chi connectivity index (χ1n) is 9.20. The third-order valence-corrected chi connectivity index (χ3v) is 4.95. The fraction of sp³-hybridized carbons (Fsp3) is 0.261. The van der Waals surface area contributed by atoms with Crippen molar-refractivity contribution in [1.29, 1.82) is 5.26 Å². The molecule has 0 aromatic heterocycles. The van der Waals surface area contributed by atoms with E-state index in [1.54, 1.807) is 24.3 Å². The summed E-state index contributed by atoms with van der Waals surface area (Å²) in [6.07, 6.45) is 1.54. The van der Waals surface area contributed by atoms with Crippen LogP contribution in [0, 0.1) is 11.3 Å². The van der Waals surface area contributed by atoms with E-state index in [4.69, 9.17) is 14.7 Å². The number of likely N-dealkylation sites (N-methyl/N-ethyl adjacent to an activating group) is 1. The number of ketones is 1. The van der Waals surface area contributed by atoms with Gasteiger partial charge in [-0.25, -0.2) is 4.79 Å². The highest BCUT2D eigenvalue weighted by Gasteiger charge is 2.38. The number of para-hydroxylation sites is 1. The van der Waals surface area contributed by atoms with Crippen molar-refractivity contribution in [3.63, 3.8) is 0 Å². The SMILES string of the molecule is CN1/C(=C/C(=O)COC(=O)COc2ccc(C#N)cc2)C(C)(C)c2ccccc21. The summed E-state index contributed by atoms with van der Waals surface area (Å²) in [6.45, 7) is 3.46. The molecule has 0 fully saturated rings. The van der Waals surface area contributed by atoms with Gasteiger partial charge in [-0.3, -0.25) is 4.79 Å². The van der Waals surface area contributed by atoms with E-state index in [9.17, 15) is 9.59 Å². The number of rotatable bonds is 6. The van der Waals surface area contributed by atoms with Gasteiger partial charge in [0.15, 0.2) is 19.0 Å². The second-order valence-electron chi connectivity index (χ2n) is 7.28. The van der Waals surface area contributed by atoms with E-state index in [2.05, 4.69) is 19.9 Å². The van der Waals surface area contributed by atoms with Crippen molar-refractivity contribution in [3.05, 3.63) is 71.4 Å². The van der Waals surface area contributed by atoms with Crippen molar-refractivity contribution in [1.82, 2.24) is 0 Å². The zero-order valence-electron chi connectivity index (χ0n) is 16.6. The maximum Gasteiger partial charge on any atom is 0.344 e. The van der Waals surface area contributed by atoms with E-state index in [-0.39, 0.29) is 24.4 Å². The number of allylic oxidation sites excluding steroid dienone is 1. The molecule has 0 bridgehead atoms. The van der Waals surface area contributed by atoms with Crippen molar-refractivity contribution in [2.24, 2.45) is 0 Å². The first-order chi connectivity index (χ1) is 13.8. The number of fused-ring (bicyclic) bond motifs is 1. The number of benzene rings is 2. The summed E-state index contributed by atoms with van der Waals surface area (Å²) in [6, 6.07) is 16.4. The highest BCUT2D eigenvalue weighted by Crippen LogP contribution is 2.46. The summed E-state index contributed by atoms with van der Waals surface area (Å²) in [4.78, 5) is 26.2. The smallest absolute Gasteiger partial charge is 0.344 e. The molecule has 0 amide bonds. The first-order valence-corrected chi connectivity index (χ1v) is 9.20. The van der Waals surface area contributed by atoms with Gasteiger partial charge in [-0.05, 0) is 35.9 Å². The fourth-order valence-electron chi connectivity index (χ4n) is 3.41. The van der Waals surface area contributed by atoms with Gasteiger partial charge in [0, 0.05) is 29.9 Å². The molecule has 29 heavy (non-hydrogen) atoms. The van der Waals surface area contributed by atoms with Crippen LogP contribution in [0.2, 0.25) is 0 Å². The summed E-state index contributed by atoms with van der Waals surface area (Å²) in [5, 5.41) is 8.77. The molecule has 6 heteroatoms. The number of hydrogen-bond donors (Lipinski definition) is 0. The van der Waals surface area contributed by atoms with Gasteiger partial charge in [-0.1, -0.05) is 32.0 Å². The van der Waals surface area contributed by atoms with Crippen LogP contribution in [-0.2, 0) is 19.7 Å². The Morgan fingerprint density at radius 1 is 1.10 bits per heavy atom. The lowest BCUT2D eigenvalue weighted by Gasteiger charge is -2.23. The normalized spacial score (nSPS) is 15.5. The van der Waals surface area contributed by atoms with Gasteiger partial charge in [-0.2, -0.15) is 5.26 Å². The van der Waals surface area contributed by atoms with Crippen LogP contribution in [0.4, 0.5) is 5.69 Å². The van der Waals surface area contributed by atoms with Crippen molar-refractivity contribution >= 4 is 17.4 Å². The maximum atomic E-state index is 12.4. The Morgan fingerprint density at radius 2 is 1.79 bits per heavy atom. The largest absolute Gasteiger partial charge is 0.482 e. The predicted molar refractivity (Wildman–Crippen MR) is 109 cm³/mol. The van der Waals surface area contributed by atoms with Crippen LogP contribution in [0.15, 0.2) is 60.3 Å². The minimum absolute atomic E-state index is 0.292. The molecule has 0 aliphatic carbocycles. The highest BCUT2D eigenvalue weighted by atomic mass is 16.6. The first kappa shape index (κ1) is 20.2. The topological polar surface area (TPSA) is 79.6 Å². The molecular formula is C23H22N2O4. The molecule has 1 aliphatic rings. The van der Waals surface area contributed by atoms with E-state index in [0.717, 1.165) is 16.9 Å². The Hall–Kier alpha value is -3.59. The summed E-state index contributed by atoms with van der Waals surface area (Å²) in [5.74, 6) is -0.482. The molecule has 0 spiro atoms. The van der Waals surface area contributed by atoms with Gasteiger partial charge in [-0.15, -0.1) is 0 Å². The molecule has 0 saturated carbocycles. The zero-order valence-corrected chi connectivity index (χ0v) is 16.6. The predicted octanol–water partition coefficient (Wildman–Crippen LogP) is 3.36. The molecule has 2 aromatic rings. The van der Waals surface area contributed by atoms with Gasteiger partial charge < -0.3 is 14.4 Å². The van der Waals surface area contributed by atoms with Gasteiger partial charge in [0.2, 0.25) is 0 Å². The second kappa shape index (κ2) is 8.19. The van der Waals surface area contributed by atoms with E-state index >= 15 is 0 Å². The molecule has 1 heterocycles. The summed E-state index contributed by atoms with van der Waals surface area (Å²) < 4.78 is 10.3. The van der Waals surface area contributed by atoms with Crippen LogP contribution in [0.5, 0.6) is 5.75 Å². The molecule has 1 aliphatic heterocycles. The van der Waals surface area contributed by atoms with Crippen molar-refractivity contribution < 1.29 is 19.1 Å². The fourth-order valence-corrected chi connectivity index (χ4v) is 3.41. The molecule has 0 unspecified atom stereocenters. The molecule has 2 aromatic carbocycles. The summed E-state index contributed by atoms with van der Waals surface area (Å²) in [7, 11) is 1.92. The number of nitriles is 1. The lowest BCUT2D eigenvalue weighted by atomic mass is 9.83. The third-order valence-electron chi connectivity index (χ3n) is 4.95. The number of anilines is 1. The van der Waals surface area contributed by atoms with Crippen LogP contribution >= 0.6 is 0 Å². The third kappa shape index (κ3) is 4.30. The van der Waals surface area contributed by atoms with Crippen LogP contribution in [-0.4, -0.2) is 32.0 Å². The Kier molecular flexibility index (Phi) is 5.69. The monoisotopic (exact) mass is 390 g/mol. The van der Waals surface area contributed by atoms with Crippen LogP contribution in [0.1, 0.15) is 25.0 Å². The molecular weight excluding hydrogens is 368 g/mol. The number of carbonyl (C=O) groups is 2. The van der Waals surface area contributed by atoms with Crippen LogP contribution in [0.25, 0.3) is 0 Å². The zero-order chi connectivity index (χ0) is 21.0. The average molecular weight is 390 g/mol. The van der Waals surface area contributed by atoms with Gasteiger partial charge in [0.05, 0.1) is 11.6 Å². The van der Waals surface area contributed by atoms with Crippen LogP contribution in [0.3, 0.4) is 0 Å². The summed E-state index contributed by atoms with van der Waals surface area (Å²) in [5.41, 5.74) is 3.25. The number of hydrogen-bond acceptors (Lipinski definition) is 6. The number of esters is 1. The standard InChI is InChI=1S/C23H22N2O4/c1-23(2)19-6-4-5-7-20(19)25(3)21(23)12-17(26)14-29-22(27)15-28-18-10-8-16(13-24)9-11-18/h4-12H,14-15H2,1-3H3/b21-12+. The average Bonchev–Trinajstić information content (AvgIpc) is 2.92. The molecule has 6 nitrogen and oxygen atoms in total. The Labute approximate surface area is 170 Å². The van der Waals surface area contributed by atoms with Gasteiger partial charge in [0.1, 0.15) is 5.75 Å². The Bertz CT molecular complexity index is 1000. The molecule has 0 radical (unpaired) electrons. The molecule has 148 valence electrons. The van der Waals surface area contributed by atoms with E-state index in [1.807, 2.05) is 36.2 Å². The van der Waals surface area contributed by atoms with E-state index in [0.29, 0.717) is 11.3 Å². The highest BCUT2D eigenvalue weighted by molar-refractivity contribution is 5.94. The van der Waals surface area contributed by atoms with E-state index in [1.165, 1.54) is 6.08 Å². The molecule has 3 rings (SSSR count). The lowest BCUT2D eigenvalue weighted by Crippen LogP contribution is -2.25. The van der Waals surface area contributed by atoms with Crippen molar-refractivity contribution in [2.45, 2.75) is 19.3 Å². The lowest BCUT2D eigenvalue weighted by molar-refractivity contribution is -0.148. The summed E-state index contributed by atoms with van der Waals surface area (Å²) >= 11 is 0. The van der Waals surface area contributed by atoms with Gasteiger partial charge in [0.25, 0.3) is 0 Å². The van der Waals surface area contributed by atoms with E-state index < -0.39 is 5.97 Å². The quantitative estimate of drug-likeness (QED) is 0.556. The maximum absolute atomic E-state index is 12.4. The number of ether oxygens (including phenoxy) is 2. The van der Waals surface area contributed by atoms with Crippen molar-refractivity contribution in [2.75, 3.05) is 25.2 Å². The van der Waals surface area contributed by atoms with Gasteiger partial charge >= 0.3 is 5.97 Å². The minimum Gasteiger partial charge on any atom is -0.482 e. The number of carbonyl (C=O) groups excluding carboxylic acids is 2. The Morgan fingerprint density at radius 3 is 2.45 bits per heavy atom. The minimum atomic E-state index is -0.636. The number of nitrogens with zero attached hydrogens (tertiary/aromatic N) is 2. The molecule has 0 atom stereocenters. The van der Waals surface area contributed by atoms with Crippen molar-refractivity contribution in [3.8, 4) is 11.8 Å². The van der Waals surface area contributed by atoms with Crippen LogP contribution < -0.4 is 9.64 Å². The molecule has 0 saturated heterocycles. The molecule has 0 N–H and O–H groups in total.